The quantitative estimate of drug-likeness (QED) is 0.130. The number of anilines is 3. The zero-order valence-corrected chi connectivity index (χ0v) is 28.0. The number of amides is 1. The summed E-state index contributed by atoms with van der Waals surface area (Å²) in [5.41, 5.74) is 5.50. The van der Waals surface area contributed by atoms with Gasteiger partial charge in [-0.25, -0.2) is 0 Å². The SMILES string of the molecule is CC(C)c1cnn2c(NCc3ccccc3-c3nccc4cc(NC(=O)/C=C/CN(C)C)ccc34)nc(NCCC3CNCCO3)nc12. The minimum atomic E-state index is -0.160. The maximum Gasteiger partial charge on any atom is 0.248 e. The van der Waals surface area contributed by atoms with Crippen molar-refractivity contribution in [3.63, 3.8) is 0 Å². The molecule has 1 unspecified atom stereocenters. The van der Waals surface area contributed by atoms with Crippen LogP contribution in [0, 0.1) is 0 Å². The molecule has 1 aliphatic heterocycles. The summed E-state index contributed by atoms with van der Waals surface area (Å²) >= 11 is 0. The highest BCUT2D eigenvalue weighted by atomic mass is 16.5. The summed E-state index contributed by atoms with van der Waals surface area (Å²) < 4.78 is 7.63. The monoisotopic (exact) mass is 648 g/mol. The molecule has 0 aliphatic carbocycles. The van der Waals surface area contributed by atoms with Gasteiger partial charge in [0.2, 0.25) is 17.8 Å². The largest absolute Gasteiger partial charge is 0.376 e. The number of aromatic nitrogens is 5. The zero-order chi connectivity index (χ0) is 33.5. The Morgan fingerprint density at radius 3 is 2.83 bits per heavy atom. The molecule has 3 aromatic heterocycles. The number of nitrogens with zero attached hydrogens (tertiary/aromatic N) is 6. The Balaban J connectivity index is 1.23. The van der Waals surface area contributed by atoms with Crippen LogP contribution in [0.3, 0.4) is 0 Å². The number of carbonyl (C=O) groups excluding carboxylic acids is 1. The lowest BCUT2D eigenvalue weighted by atomic mass is 9.99. The van der Waals surface area contributed by atoms with Crippen LogP contribution in [0.15, 0.2) is 73.1 Å². The highest BCUT2D eigenvalue weighted by molar-refractivity contribution is 6.02. The van der Waals surface area contributed by atoms with Gasteiger partial charge in [-0.05, 0) is 55.6 Å². The standard InChI is InChI=1S/C36H44N10O2/c1-24(2)31-23-41-46-34(31)43-35(39-16-14-28-22-37-17-19-48-28)44-36(46)40-21-26-8-5-6-9-29(26)33-30-12-11-27(20-25(30)13-15-38-33)42-32(47)10-7-18-45(3)4/h5-13,15,20,23-24,28,37H,14,16-19,21-22H2,1-4H3,(H,42,47)(H2,39,40,43,44)/b10-7+. The summed E-state index contributed by atoms with van der Waals surface area (Å²) in [4.78, 5) is 28.9. The Kier molecular flexibility index (Phi) is 10.5. The van der Waals surface area contributed by atoms with Crippen LogP contribution in [0.2, 0.25) is 0 Å². The van der Waals surface area contributed by atoms with Gasteiger partial charge in [0, 0.05) is 67.2 Å². The summed E-state index contributed by atoms with van der Waals surface area (Å²) in [6.45, 7) is 8.65. The van der Waals surface area contributed by atoms with Crippen LogP contribution >= 0.6 is 0 Å². The van der Waals surface area contributed by atoms with E-state index in [0.29, 0.717) is 31.5 Å². The molecule has 0 bridgehead atoms. The Labute approximate surface area is 281 Å². The van der Waals surface area contributed by atoms with Gasteiger partial charge in [0.15, 0.2) is 5.65 Å². The number of fused-ring (bicyclic) bond motifs is 2. The minimum absolute atomic E-state index is 0.160. The van der Waals surface area contributed by atoms with E-state index in [1.165, 1.54) is 0 Å². The van der Waals surface area contributed by atoms with Crippen LogP contribution in [0.4, 0.5) is 17.6 Å². The highest BCUT2D eigenvalue weighted by Crippen LogP contribution is 2.31. The first kappa shape index (κ1) is 33.0. The highest BCUT2D eigenvalue weighted by Gasteiger charge is 2.18. The van der Waals surface area contributed by atoms with Gasteiger partial charge in [-0.1, -0.05) is 50.3 Å². The molecular formula is C36H44N10O2. The molecule has 1 aliphatic rings. The first-order valence-corrected chi connectivity index (χ1v) is 16.5. The first-order valence-electron chi connectivity index (χ1n) is 16.5. The summed E-state index contributed by atoms with van der Waals surface area (Å²) in [6.07, 6.45) is 8.11. The third kappa shape index (κ3) is 7.96. The van der Waals surface area contributed by atoms with Crippen molar-refractivity contribution in [1.82, 2.24) is 34.8 Å². The van der Waals surface area contributed by atoms with Crippen LogP contribution in [0.5, 0.6) is 0 Å². The number of ether oxygens (including phenoxy) is 1. The van der Waals surface area contributed by atoms with Crippen LogP contribution in [-0.4, -0.2) is 88.4 Å². The normalized spacial score (nSPS) is 15.2. The van der Waals surface area contributed by atoms with Crippen molar-refractivity contribution in [2.75, 3.05) is 62.8 Å². The average Bonchev–Trinajstić information content (AvgIpc) is 3.52. The third-order valence-electron chi connectivity index (χ3n) is 8.25. The van der Waals surface area contributed by atoms with Gasteiger partial charge < -0.3 is 30.9 Å². The second-order valence-corrected chi connectivity index (χ2v) is 12.5. The molecule has 1 fully saturated rings. The topological polar surface area (TPSA) is 134 Å². The molecule has 0 spiro atoms. The molecule has 48 heavy (non-hydrogen) atoms. The zero-order valence-electron chi connectivity index (χ0n) is 28.0. The van der Waals surface area contributed by atoms with Crippen LogP contribution in [0.25, 0.3) is 27.7 Å². The van der Waals surface area contributed by atoms with E-state index in [-0.39, 0.29) is 17.9 Å². The van der Waals surface area contributed by atoms with E-state index in [2.05, 4.69) is 52.3 Å². The molecule has 250 valence electrons. The first-order chi connectivity index (χ1) is 23.4. The number of carbonyl (C=O) groups is 1. The van der Waals surface area contributed by atoms with Gasteiger partial charge in [-0.2, -0.15) is 19.6 Å². The van der Waals surface area contributed by atoms with Crippen molar-refractivity contribution < 1.29 is 9.53 Å². The van der Waals surface area contributed by atoms with Crippen molar-refractivity contribution in [1.29, 1.82) is 0 Å². The fraction of sp³-hybridized carbons (Fsp3) is 0.361. The minimum Gasteiger partial charge on any atom is -0.376 e. The second-order valence-electron chi connectivity index (χ2n) is 12.5. The van der Waals surface area contributed by atoms with Gasteiger partial charge in [0.25, 0.3) is 0 Å². The number of benzene rings is 2. The fourth-order valence-electron chi connectivity index (χ4n) is 5.75. The lowest BCUT2D eigenvalue weighted by molar-refractivity contribution is -0.111. The van der Waals surface area contributed by atoms with E-state index in [9.17, 15) is 4.79 Å². The van der Waals surface area contributed by atoms with Gasteiger partial charge in [0.1, 0.15) is 0 Å². The predicted octanol–water partition coefficient (Wildman–Crippen LogP) is 4.92. The second kappa shape index (κ2) is 15.3. The number of morpholine rings is 1. The number of hydrogen-bond donors (Lipinski definition) is 4. The average molecular weight is 649 g/mol. The lowest BCUT2D eigenvalue weighted by Crippen LogP contribution is -2.39. The van der Waals surface area contributed by atoms with E-state index in [0.717, 1.165) is 70.6 Å². The van der Waals surface area contributed by atoms with Gasteiger partial charge in [-0.15, -0.1) is 0 Å². The lowest BCUT2D eigenvalue weighted by Gasteiger charge is -2.23. The van der Waals surface area contributed by atoms with Gasteiger partial charge in [0.05, 0.1) is 24.6 Å². The summed E-state index contributed by atoms with van der Waals surface area (Å²) in [5, 5.41) is 19.9. The molecular weight excluding hydrogens is 604 g/mol. The summed E-state index contributed by atoms with van der Waals surface area (Å²) in [7, 11) is 3.92. The summed E-state index contributed by atoms with van der Waals surface area (Å²) in [6, 6.07) is 16.1. The fourth-order valence-corrected chi connectivity index (χ4v) is 5.75. The van der Waals surface area contributed by atoms with Gasteiger partial charge in [-0.3, -0.25) is 9.78 Å². The van der Waals surface area contributed by atoms with Crippen molar-refractivity contribution in [2.24, 2.45) is 0 Å². The molecule has 12 nitrogen and oxygen atoms in total. The molecule has 1 amide bonds. The van der Waals surface area contributed by atoms with Crippen molar-refractivity contribution in [3.05, 3.63) is 84.2 Å². The number of hydrogen-bond acceptors (Lipinski definition) is 10. The van der Waals surface area contributed by atoms with Crippen molar-refractivity contribution >= 4 is 39.9 Å². The van der Waals surface area contributed by atoms with E-state index in [4.69, 9.17) is 19.7 Å². The number of likely N-dealkylation sites (N-methyl/N-ethyl adjacent to an activating group) is 1. The Hall–Kier alpha value is -4.91. The maximum absolute atomic E-state index is 12.4. The smallest absolute Gasteiger partial charge is 0.248 e. The molecule has 4 heterocycles. The van der Waals surface area contributed by atoms with Gasteiger partial charge >= 0.3 is 0 Å². The number of nitrogens with one attached hydrogen (secondary N) is 4. The molecule has 2 aromatic carbocycles. The molecule has 0 saturated carbocycles. The van der Waals surface area contributed by atoms with E-state index < -0.39 is 0 Å². The predicted molar refractivity (Wildman–Crippen MR) is 191 cm³/mol. The third-order valence-corrected chi connectivity index (χ3v) is 8.25. The maximum atomic E-state index is 12.4. The Morgan fingerprint density at radius 1 is 1.15 bits per heavy atom. The molecule has 6 rings (SSSR count). The Morgan fingerprint density at radius 2 is 2.02 bits per heavy atom. The van der Waals surface area contributed by atoms with Crippen LogP contribution in [0.1, 0.15) is 37.3 Å². The Bertz CT molecular complexity index is 1900. The van der Waals surface area contributed by atoms with Crippen LogP contribution < -0.4 is 21.3 Å². The van der Waals surface area contributed by atoms with E-state index in [1.54, 1.807) is 10.6 Å². The number of pyridine rings is 1. The van der Waals surface area contributed by atoms with Crippen molar-refractivity contribution in [2.45, 2.75) is 38.8 Å². The molecule has 5 aromatic rings. The van der Waals surface area contributed by atoms with E-state index in [1.807, 2.05) is 73.9 Å². The molecule has 12 heteroatoms. The molecule has 0 radical (unpaired) electrons. The summed E-state index contributed by atoms with van der Waals surface area (Å²) in [5.74, 6) is 1.25. The van der Waals surface area contributed by atoms with Crippen LogP contribution in [-0.2, 0) is 16.1 Å². The number of rotatable bonds is 13. The molecule has 4 N–H and O–H groups in total. The molecule has 1 atom stereocenters. The van der Waals surface area contributed by atoms with E-state index >= 15 is 0 Å². The molecule has 1 saturated heterocycles. The van der Waals surface area contributed by atoms with Crippen molar-refractivity contribution in [3.8, 4) is 11.3 Å².